The van der Waals surface area contributed by atoms with Gasteiger partial charge in [-0.15, -0.1) is 0 Å². The molecule has 170 valence electrons. The van der Waals surface area contributed by atoms with Gasteiger partial charge in [-0.2, -0.15) is 8.42 Å². The Morgan fingerprint density at radius 2 is 1.81 bits per heavy atom. The molecular formula is C26H36O4S. The first-order chi connectivity index (χ1) is 14.6. The maximum absolute atomic E-state index is 12.9. The average molecular weight is 445 g/mol. The molecule has 0 spiro atoms. The van der Waals surface area contributed by atoms with Crippen molar-refractivity contribution < 1.29 is 17.7 Å². The smallest absolute Gasteiger partial charge is 0.297 e. The Labute approximate surface area is 187 Å². The van der Waals surface area contributed by atoms with Gasteiger partial charge in [0.25, 0.3) is 10.1 Å². The molecule has 4 nitrogen and oxygen atoms in total. The Kier molecular flexibility index (Phi) is 5.19. The summed E-state index contributed by atoms with van der Waals surface area (Å²) in [6.45, 7) is 6.74. The van der Waals surface area contributed by atoms with Crippen LogP contribution in [0.2, 0.25) is 0 Å². The lowest BCUT2D eigenvalue weighted by Gasteiger charge is -2.57. The topological polar surface area (TPSA) is 63.6 Å². The van der Waals surface area contributed by atoms with E-state index in [2.05, 4.69) is 19.9 Å². The second-order valence-corrected chi connectivity index (χ2v) is 12.8. The molecule has 0 aliphatic heterocycles. The van der Waals surface area contributed by atoms with Gasteiger partial charge in [-0.1, -0.05) is 43.2 Å². The van der Waals surface area contributed by atoms with E-state index in [9.17, 15) is 13.5 Å². The van der Waals surface area contributed by atoms with Gasteiger partial charge in [-0.3, -0.25) is 4.18 Å². The quantitative estimate of drug-likeness (QED) is 0.501. The van der Waals surface area contributed by atoms with E-state index in [0.29, 0.717) is 17.8 Å². The van der Waals surface area contributed by atoms with Crippen molar-refractivity contribution in [2.45, 2.75) is 89.2 Å². The Bertz CT molecular complexity index is 981. The number of aliphatic hydroxyl groups excluding tert-OH is 1. The molecule has 0 heterocycles. The normalized spacial score (nSPS) is 42.3. The Morgan fingerprint density at radius 1 is 1.06 bits per heavy atom. The fourth-order valence-corrected chi connectivity index (χ4v) is 8.73. The fourth-order valence-electron chi connectivity index (χ4n) is 7.65. The van der Waals surface area contributed by atoms with Crippen LogP contribution in [0, 0.1) is 35.5 Å². The molecule has 0 aromatic heterocycles. The van der Waals surface area contributed by atoms with E-state index in [4.69, 9.17) is 4.18 Å². The number of aliphatic hydroxyl groups is 1. The molecule has 3 saturated carbocycles. The van der Waals surface area contributed by atoms with E-state index in [0.717, 1.165) is 50.5 Å². The van der Waals surface area contributed by atoms with Gasteiger partial charge >= 0.3 is 0 Å². The summed E-state index contributed by atoms with van der Waals surface area (Å²) in [6, 6.07) is 6.95. The van der Waals surface area contributed by atoms with E-state index in [1.807, 2.05) is 19.1 Å². The standard InChI is InChI=1S/C26H36O4S/c1-17-4-7-21(8-5-17)31(28,29)30-20-15-24-22-9-6-18-14-19(27)10-13-26(18,3)23(22)11-12-25(24,2)16-20/h4-8,19-20,22-24,27H,9-16H2,1-3H3/t19-,20-,22+,23-,24-,25+,26-/m0/s1. The van der Waals surface area contributed by atoms with Crippen molar-refractivity contribution >= 4 is 10.1 Å². The molecule has 31 heavy (non-hydrogen) atoms. The summed E-state index contributed by atoms with van der Waals surface area (Å²) in [5.41, 5.74) is 2.88. The third kappa shape index (κ3) is 3.61. The largest absolute Gasteiger partial charge is 0.393 e. The van der Waals surface area contributed by atoms with Crippen LogP contribution in [-0.4, -0.2) is 25.7 Å². The van der Waals surface area contributed by atoms with Gasteiger partial charge in [0.2, 0.25) is 0 Å². The maximum atomic E-state index is 12.9. The second kappa shape index (κ2) is 7.43. The molecule has 5 heteroatoms. The van der Waals surface area contributed by atoms with Gasteiger partial charge in [-0.25, -0.2) is 0 Å². The lowest BCUT2D eigenvalue weighted by Crippen LogP contribution is -2.49. The molecular weight excluding hydrogens is 408 g/mol. The molecule has 0 saturated heterocycles. The molecule has 0 amide bonds. The third-order valence-electron chi connectivity index (χ3n) is 9.38. The summed E-state index contributed by atoms with van der Waals surface area (Å²) < 4.78 is 31.6. The number of allylic oxidation sites excluding steroid dienone is 1. The van der Waals surface area contributed by atoms with Crippen LogP contribution < -0.4 is 0 Å². The molecule has 1 aromatic rings. The minimum Gasteiger partial charge on any atom is -0.393 e. The van der Waals surface area contributed by atoms with Gasteiger partial charge in [0, 0.05) is 0 Å². The van der Waals surface area contributed by atoms with Gasteiger partial charge < -0.3 is 5.11 Å². The fraction of sp³-hybridized carbons (Fsp3) is 0.692. The van der Waals surface area contributed by atoms with Crippen LogP contribution in [0.25, 0.3) is 0 Å². The molecule has 4 aliphatic carbocycles. The molecule has 1 N–H and O–H groups in total. The van der Waals surface area contributed by atoms with Crippen LogP contribution in [0.15, 0.2) is 40.8 Å². The molecule has 0 bridgehead atoms. The Hall–Kier alpha value is -1.17. The monoisotopic (exact) mass is 444 g/mol. The minimum atomic E-state index is -3.74. The highest BCUT2D eigenvalue weighted by molar-refractivity contribution is 7.86. The van der Waals surface area contributed by atoms with Crippen LogP contribution >= 0.6 is 0 Å². The van der Waals surface area contributed by atoms with Crippen LogP contribution in [-0.2, 0) is 14.3 Å². The van der Waals surface area contributed by atoms with Crippen molar-refractivity contribution in [1.82, 2.24) is 0 Å². The van der Waals surface area contributed by atoms with Crippen molar-refractivity contribution in [2.75, 3.05) is 0 Å². The SMILES string of the molecule is Cc1ccc(S(=O)(=O)O[C@H]2C[C@H]3[C@@H]4CC=C5C[C@@H](O)CC[C@]5(C)[C@H]4CC[C@]3(C)C2)cc1. The van der Waals surface area contributed by atoms with Gasteiger partial charge in [0.15, 0.2) is 0 Å². The average Bonchev–Trinajstić information content (AvgIpc) is 3.04. The predicted octanol–water partition coefficient (Wildman–Crippen LogP) is 5.39. The van der Waals surface area contributed by atoms with Crippen LogP contribution in [0.3, 0.4) is 0 Å². The number of hydrogen-bond donors (Lipinski definition) is 1. The van der Waals surface area contributed by atoms with Crippen LogP contribution in [0.1, 0.15) is 70.8 Å². The van der Waals surface area contributed by atoms with E-state index in [-0.39, 0.29) is 27.9 Å². The first-order valence-corrected chi connectivity index (χ1v) is 13.4. The molecule has 7 atom stereocenters. The molecule has 4 aliphatic rings. The molecule has 0 radical (unpaired) electrons. The highest BCUT2D eigenvalue weighted by Gasteiger charge is 2.58. The summed E-state index contributed by atoms with van der Waals surface area (Å²) >= 11 is 0. The molecule has 3 fully saturated rings. The Morgan fingerprint density at radius 3 is 2.55 bits per heavy atom. The summed E-state index contributed by atoms with van der Waals surface area (Å²) in [4.78, 5) is 0.259. The second-order valence-electron chi connectivity index (χ2n) is 11.3. The van der Waals surface area contributed by atoms with Gasteiger partial charge in [-0.05, 0) is 99.0 Å². The summed E-state index contributed by atoms with van der Waals surface area (Å²) in [5.74, 6) is 1.75. The van der Waals surface area contributed by atoms with E-state index in [1.54, 1.807) is 12.1 Å². The number of rotatable bonds is 3. The first-order valence-electron chi connectivity index (χ1n) is 12.0. The van der Waals surface area contributed by atoms with Crippen molar-refractivity contribution in [1.29, 1.82) is 0 Å². The molecule has 0 unspecified atom stereocenters. The number of aryl methyl sites for hydroxylation is 1. The summed E-state index contributed by atoms with van der Waals surface area (Å²) in [5, 5.41) is 10.2. The third-order valence-corrected chi connectivity index (χ3v) is 10.8. The van der Waals surface area contributed by atoms with Crippen molar-refractivity contribution in [2.24, 2.45) is 28.6 Å². The van der Waals surface area contributed by atoms with Gasteiger partial charge in [0.1, 0.15) is 0 Å². The van der Waals surface area contributed by atoms with Crippen LogP contribution in [0.4, 0.5) is 0 Å². The minimum absolute atomic E-state index is 0.157. The number of benzene rings is 1. The molecule has 5 rings (SSSR count). The lowest BCUT2D eigenvalue weighted by atomic mass is 9.48. The maximum Gasteiger partial charge on any atom is 0.297 e. The van der Waals surface area contributed by atoms with Crippen molar-refractivity contribution in [3.63, 3.8) is 0 Å². The van der Waals surface area contributed by atoms with E-state index in [1.165, 1.54) is 12.0 Å². The first kappa shape index (κ1) is 21.7. The molecule has 1 aromatic carbocycles. The highest BCUT2D eigenvalue weighted by atomic mass is 32.2. The van der Waals surface area contributed by atoms with E-state index >= 15 is 0 Å². The number of hydrogen-bond acceptors (Lipinski definition) is 4. The van der Waals surface area contributed by atoms with E-state index < -0.39 is 10.1 Å². The summed E-state index contributed by atoms with van der Waals surface area (Å²) in [7, 11) is -3.74. The number of fused-ring (bicyclic) bond motifs is 5. The van der Waals surface area contributed by atoms with Crippen LogP contribution in [0.5, 0.6) is 0 Å². The van der Waals surface area contributed by atoms with Crippen molar-refractivity contribution in [3.05, 3.63) is 41.5 Å². The van der Waals surface area contributed by atoms with Crippen molar-refractivity contribution in [3.8, 4) is 0 Å². The predicted molar refractivity (Wildman–Crippen MR) is 121 cm³/mol. The zero-order valence-corrected chi connectivity index (χ0v) is 19.8. The zero-order valence-electron chi connectivity index (χ0n) is 19.0. The Balaban J connectivity index is 1.36. The highest BCUT2D eigenvalue weighted by Crippen LogP contribution is 2.65. The summed E-state index contributed by atoms with van der Waals surface area (Å²) in [6.07, 6.45) is 9.92. The lowest BCUT2D eigenvalue weighted by molar-refractivity contribution is -0.0360. The van der Waals surface area contributed by atoms with Gasteiger partial charge in [0.05, 0.1) is 17.1 Å². The zero-order chi connectivity index (χ0) is 22.0.